The number of aromatic amines is 1. The van der Waals surface area contributed by atoms with Crippen molar-refractivity contribution in [2.45, 2.75) is 25.8 Å². The number of hydrogen-bond acceptors (Lipinski definition) is 2. The molecule has 1 fully saturated rings. The van der Waals surface area contributed by atoms with E-state index in [1.807, 2.05) is 25.1 Å². The molecule has 0 radical (unpaired) electrons. The van der Waals surface area contributed by atoms with Crippen molar-refractivity contribution in [3.63, 3.8) is 0 Å². The molecule has 0 atom stereocenters. The van der Waals surface area contributed by atoms with E-state index in [9.17, 15) is 4.79 Å². The van der Waals surface area contributed by atoms with Crippen molar-refractivity contribution in [2.24, 2.45) is 0 Å². The standard InChI is InChI=1S/C14H15ClN2O/c1-8-13(12(18)7-16-9-5-6-9)10-3-2-4-11(15)14(10)17-8/h2-4,9,16-17H,5-7H2,1H3. The van der Waals surface area contributed by atoms with Gasteiger partial charge in [0.25, 0.3) is 0 Å². The molecule has 2 aromatic rings. The highest BCUT2D eigenvalue weighted by atomic mass is 35.5. The van der Waals surface area contributed by atoms with Gasteiger partial charge in [-0.05, 0) is 25.8 Å². The summed E-state index contributed by atoms with van der Waals surface area (Å²) < 4.78 is 0. The van der Waals surface area contributed by atoms with E-state index in [2.05, 4.69) is 10.3 Å². The smallest absolute Gasteiger partial charge is 0.179 e. The monoisotopic (exact) mass is 262 g/mol. The summed E-state index contributed by atoms with van der Waals surface area (Å²) in [6, 6.07) is 6.19. The molecule has 0 saturated heterocycles. The van der Waals surface area contributed by atoms with Crippen LogP contribution in [0.1, 0.15) is 28.9 Å². The number of carbonyl (C=O) groups excluding carboxylic acids is 1. The fourth-order valence-electron chi connectivity index (χ4n) is 2.28. The maximum atomic E-state index is 12.3. The van der Waals surface area contributed by atoms with E-state index in [0.29, 0.717) is 17.6 Å². The molecule has 1 saturated carbocycles. The van der Waals surface area contributed by atoms with Crippen LogP contribution < -0.4 is 5.32 Å². The van der Waals surface area contributed by atoms with E-state index in [0.717, 1.165) is 22.2 Å². The van der Waals surface area contributed by atoms with Crippen LogP contribution in [0.4, 0.5) is 0 Å². The lowest BCUT2D eigenvalue weighted by molar-refractivity contribution is 0.0991. The third-order valence-electron chi connectivity index (χ3n) is 3.38. The molecule has 2 N–H and O–H groups in total. The van der Waals surface area contributed by atoms with Crippen molar-refractivity contribution in [1.82, 2.24) is 10.3 Å². The molecule has 1 aliphatic carbocycles. The molecule has 1 aliphatic rings. The number of H-pyrrole nitrogens is 1. The van der Waals surface area contributed by atoms with Crippen LogP contribution in [0.25, 0.3) is 10.9 Å². The lowest BCUT2D eigenvalue weighted by Gasteiger charge is -2.02. The first-order valence-electron chi connectivity index (χ1n) is 6.20. The second kappa shape index (κ2) is 4.41. The molecule has 0 unspecified atom stereocenters. The molecule has 3 rings (SSSR count). The number of aryl methyl sites for hydroxylation is 1. The second-order valence-corrected chi connectivity index (χ2v) is 5.27. The quantitative estimate of drug-likeness (QED) is 0.832. The van der Waals surface area contributed by atoms with E-state index >= 15 is 0 Å². The van der Waals surface area contributed by atoms with Crippen LogP contribution in [0, 0.1) is 6.92 Å². The van der Waals surface area contributed by atoms with E-state index in [4.69, 9.17) is 11.6 Å². The van der Waals surface area contributed by atoms with Crippen LogP contribution in [-0.2, 0) is 0 Å². The molecule has 3 nitrogen and oxygen atoms in total. The fourth-order valence-corrected chi connectivity index (χ4v) is 2.51. The predicted molar refractivity (Wildman–Crippen MR) is 73.4 cm³/mol. The second-order valence-electron chi connectivity index (χ2n) is 4.87. The minimum absolute atomic E-state index is 0.132. The zero-order valence-electron chi connectivity index (χ0n) is 10.2. The summed E-state index contributed by atoms with van der Waals surface area (Å²) >= 11 is 6.13. The van der Waals surface area contributed by atoms with Crippen molar-refractivity contribution in [3.05, 3.63) is 34.5 Å². The number of fused-ring (bicyclic) bond motifs is 1. The van der Waals surface area contributed by atoms with Gasteiger partial charge in [0, 0.05) is 22.7 Å². The Hall–Kier alpha value is -1.32. The summed E-state index contributed by atoms with van der Waals surface area (Å²) in [4.78, 5) is 15.5. The number of hydrogen-bond donors (Lipinski definition) is 2. The highest BCUT2D eigenvalue weighted by Crippen LogP contribution is 2.28. The highest BCUT2D eigenvalue weighted by molar-refractivity contribution is 6.35. The average Bonchev–Trinajstić information content (AvgIpc) is 3.09. The Morgan fingerprint density at radius 3 is 3.00 bits per heavy atom. The Kier molecular flexibility index (Phi) is 2.88. The molecule has 18 heavy (non-hydrogen) atoms. The highest BCUT2D eigenvalue weighted by Gasteiger charge is 2.23. The number of halogens is 1. The van der Waals surface area contributed by atoms with Crippen molar-refractivity contribution in [3.8, 4) is 0 Å². The van der Waals surface area contributed by atoms with Gasteiger partial charge in [0.1, 0.15) is 0 Å². The van der Waals surface area contributed by atoms with Gasteiger partial charge in [0.05, 0.1) is 17.1 Å². The zero-order chi connectivity index (χ0) is 12.7. The molecule has 1 aromatic heterocycles. The summed E-state index contributed by atoms with van der Waals surface area (Å²) in [6.45, 7) is 2.33. The van der Waals surface area contributed by atoms with Crippen LogP contribution in [0.5, 0.6) is 0 Å². The molecule has 4 heteroatoms. The molecular formula is C14H15ClN2O. The van der Waals surface area contributed by atoms with E-state index < -0.39 is 0 Å². The first-order valence-corrected chi connectivity index (χ1v) is 6.58. The topological polar surface area (TPSA) is 44.9 Å². The first kappa shape index (κ1) is 11.8. The zero-order valence-corrected chi connectivity index (χ0v) is 11.0. The lowest BCUT2D eigenvalue weighted by atomic mass is 10.1. The summed E-state index contributed by atoms with van der Waals surface area (Å²) in [5.74, 6) is 0.132. The first-order chi connectivity index (χ1) is 8.66. The molecular weight excluding hydrogens is 248 g/mol. The summed E-state index contributed by atoms with van der Waals surface area (Å²) in [5, 5.41) is 4.83. The maximum Gasteiger partial charge on any atom is 0.179 e. The molecule has 94 valence electrons. The third-order valence-corrected chi connectivity index (χ3v) is 3.69. The van der Waals surface area contributed by atoms with Gasteiger partial charge in [0.2, 0.25) is 0 Å². The van der Waals surface area contributed by atoms with Gasteiger partial charge in [-0.25, -0.2) is 0 Å². The maximum absolute atomic E-state index is 12.3. The number of para-hydroxylation sites is 1. The van der Waals surface area contributed by atoms with E-state index in [1.54, 1.807) is 0 Å². The summed E-state index contributed by atoms with van der Waals surface area (Å²) in [5.41, 5.74) is 2.51. The largest absolute Gasteiger partial charge is 0.357 e. The number of benzene rings is 1. The fraction of sp³-hybridized carbons (Fsp3) is 0.357. The molecule has 1 aromatic carbocycles. The van der Waals surface area contributed by atoms with Crippen LogP contribution in [0.3, 0.4) is 0 Å². The van der Waals surface area contributed by atoms with Crippen molar-refractivity contribution in [1.29, 1.82) is 0 Å². The Morgan fingerprint density at radius 1 is 1.50 bits per heavy atom. The Labute approximate surface area is 111 Å². The minimum Gasteiger partial charge on any atom is -0.357 e. The Morgan fingerprint density at radius 2 is 2.28 bits per heavy atom. The molecule has 1 heterocycles. The summed E-state index contributed by atoms with van der Waals surface area (Å²) in [6.07, 6.45) is 2.37. The van der Waals surface area contributed by atoms with Gasteiger partial charge in [-0.1, -0.05) is 23.7 Å². The van der Waals surface area contributed by atoms with Gasteiger partial charge in [-0.3, -0.25) is 4.79 Å². The van der Waals surface area contributed by atoms with Gasteiger partial charge in [-0.2, -0.15) is 0 Å². The van der Waals surface area contributed by atoms with Gasteiger partial charge in [-0.15, -0.1) is 0 Å². The molecule has 0 amide bonds. The predicted octanol–water partition coefficient (Wildman–Crippen LogP) is 3.06. The normalized spacial score (nSPS) is 15.2. The number of aromatic nitrogens is 1. The van der Waals surface area contributed by atoms with Crippen LogP contribution in [0.2, 0.25) is 5.02 Å². The third kappa shape index (κ3) is 2.04. The van der Waals surface area contributed by atoms with Crippen LogP contribution >= 0.6 is 11.6 Å². The van der Waals surface area contributed by atoms with Gasteiger partial charge in [0.15, 0.2) is 5.78 Å². The van der Waals surface area contributed by atoms with E-state index in [1.165, 1.54) is 12.8 Å². The number of rotatable bonds is 4. The minimum atomic E-state index is 0.132. The van der Waals surface area contributed by atoms with Gasteiger partial charge < -0.3 is 10.3 Å². The number of ketones is 1. The van der Waals surface area contributed by atoms with Crippen molar-refractivity contribution < 1.29 is 4.79 Å². The number of nitrogens with one attached hydrogen (secondary N) is 2. The number of Topliss-reactive ketones (excluding diaryl/α,β-unsaturated/α-hetero) is 1. The number of carbonyl (C=O) groups is 1. The van der Waals surface area contributed by atoms with Crippen LogP contribution in [0.15, 0.2) is 18.2 Å². The molecule has 0 spiro atoms. The Bertz CT molecular complexity index is 614. The van der Waals surface area contributed by atoms with E-state index in [-0.39, 0.29) is 5.78 Å². The van der Waals surface area contributed by atoms with Crippen molar-refractivity contribution >= 4 is 28.3 Å². The van der Waals surface area contributed by atoms with Crippen molar-refractivity contribution in [2.75, 3.05) is 6.54 Å². The SMILES string of the molecule is Cc1[nH]c2c(Cl)cccc2c1C(=O)CNC1CC1. The summed E-state index contributed by atoms with van der Waals surface area (Å²) in [7, 11) is 0. The lowest BCUT2D eigenvalue weighted by Crippen LogP contribution is -2.25. The van der Waals surface area contributed by atoms with Crippen LogP contribution in [-0.4, -0.2) is 23.4 Å². The Balaban J connectivity index is 1.96. The van der Waals surface area contributed by atoms with Gasteiger partial charge >= 0.3 is 0 Å². The average molecular weight is 263 g/mol. The molecule has 0 aliphatic heterocycles. The molecule has 0 bridgehead atoms.